The number of para-hydroxylation sites is 1. The molecule has 23 rings (SSSR count). The zero-order valence-electron chi connectivity index (χ0n) is 82.0. The molecule has 31 nitrogen and oxygen atoms in total. The van der Waals surface area contributed by atoms with E-state index in [9.17, 15) is 13.2 Å². The van der Waals surface area contributed by atoms with Gasteiger partial charge in [0, 0.05) is 172 Å². The fourth-order valence-corrected chi connectivity index (χ4v) is 17.7. The number of benzene rings is 5. The van der Waals surface area contributed by atoms with Gasteiger partial charge in [0.05, 0.1) is 18.8 Å². The smallest absolute Gasteiger partial charge is 0.416 e. The number of aromatic nitrogens is 21. The van der Waals surface area contributed by atoms with Crippen molar-refractivity contribution in [2.24, 2.45) is 11.8 Å². The van der Waals surface area contributed by atoms with Crippen molar-refractivity contribution in [1.29, 1.82) is 0 Å². The van der Waals surface area contributed by atoms with Crippen LogP contribution < -0.4 is 14.2 Å². The number of hydrogen-bond donors (Lipinski definition) is 0. The van der Waals surface area contributed by atoms with Crippen molar-refractivity contribution in [2.45, 2.75) is 192 Å². The average molecular weight is 1980 g/mol. The standard InChI is InChI=1S/C20H12F3N3O.C19H13N3O2.C17H17N3O3.C17H23N3O.C15H19N3O.C13H15N3O.C12H13N3O/c21-20(22,23)17-11-15(13-4-2-1-3-5-13)10-16(12-17)19-25-18(26-27-19)14-6-8-24-9-7-14;1-2-6-16(7-3-1)23-17-8-4-5-15(13-17)19-21-18(22-24-19)14-9-11-20-12-10-14;1-3-21-14-9-13(10-15(11-14)22-4-2)17-19-16(20-23-17)12-5-7-18-8-6-12;1-2-3-4-13-5-7-15(8-6-13)17-19-16(20-21-17)14-9-11-18-12-10-14;1-2-11-3-5-13(6-4-11)15-17-14(18-19-15)12-7-9-16-10-8-12;1-2-4-11(5-3-1)13-15-12(16-17-13)10-6-8-14-9-7-10;1-2-4-10(3-1)12-14-11(15-16-12)9-5-7-13-8-6-9/h1-12H;1-13H;5-11H,3-4H2,1-2H3;9-13,15H,2-8H2,1H3;7-11,13H,2-6H2,1H3;6-9,11H,1-5H2;5-8,10H,1-4H2. The SMILES string of the molecule is CCC1CCC(c2nc(-c3ccncc3)no2)CC1.CCCCC1CCC(c2nc(-c3ccncc3)no2)CC1.CCOc1cc(OCC)cc(-c2nc(-c3ccncc3)no2)c1.FC(F)(F)c1cc(-c2ccccc2)cc(-c2nc(-c3ccncc3)no2)c1.c1cc(-c2noc(C3CCCC3)n2)ccn1.c1cc(-c2noc(C3CCCCC3)n2)ccn1.c1ccc(Oc2cccc(-c3nc(-c4ccncc4)no3)c2)cc1. The molecule has 0 radical (unpaired) electrons. The summed E-state index contributed by atoms with van der Waals surface area (Å²) in [6.45, 7) is 9.55. The van der Waals surface area contributed by atoms with Crippen LogP contribution >= 0.6 is 0 Å². The van der Waals surface area contributed by atoms with E-state index in [0.29, 0.717) is 118 Å². The summed E-state index contributed by atoms with van der Waals surface area (Å²) in [5.74, 6) is 14.7. The Balaban J connectivity index is 0.000000118. The van der Waals surface area contributed by atoms with Crippen LogP contribution in [0.2, 0.25) is 0 Å². The van der Waals surface area contributed by atoms with Crippen molar-refractivity contribution in [3.63, 3.8) is 0 Å². The first-order chi connectivity index (χ1) is 72.3. The number of pyridine rings is 7. The summed E-state index contributed by atoms with van der Waals surface area (Å²) >= 11 is 0. The van der Waals surface area contributed by atoms with Gasteiger partial charge in [-0.05, 0) is 259 Å². The highest BCUT2D eigenvalue weighted by atomic mass is 19.4. The van der Waals surface area contributed by atoms with Crippen LogP contribution in [0.5, 0.6) is 23.0 Å². The molecule has 0 bridgehead atoms. The largest absolute Gasteiger partial charge is 0.494 e. The Morgan fingerprint density at radius 1 is 0.265 bits per heavy atom. The highest BCUT2D eigenvalue weighted by molar-refractivity contribution is 5.73. The summed E-state index contributed by atoms with van der Waals surface area (Å²) in [7, 11) is 0. The van der Waals surface area contributed by atoms with Gasteiger partial charge in [0.2, 0.25) is 64.3 Å². The molecule has 0 unspecified atom stereocenters. The van der Waals surface area contributed by atoms with Gasteiger partial charge in [-0.1, -0.05) is 162 Å². The van der Waals surface area contributed by atoms with E-state index in [1.54, 1.807) is 135 Å². The van der Waals surface area contributed by atoms with Gasteiger partial charge in [-0.25, -0.2) is 0 Å². The van der Waals surface area contributed by atoms with Crippen molar-refractivity contribution >= 4 is 0 Å². The predicted octanol–water partition coefficient (Wildman–Crippen LogP) is 28.1. The Morgan fingerprint density at radius 2 is 0.571 bits per heavy atom. The van der Waals surface area contributed by atoms with Crippen LogP contribution in [0.3, 0.4) is 0 Å². The summed E-state index contributed by atoms with van der Waals surface area (Å²) in [4.78, 5) is 59.0. The fourth-order valence-electron chi connectivity index (χ4n) is 17.7. The molecule has 14 aromatic heterocycles. The molecule has 19 aromatic rings. The average Bonchev–Trinajstić information content (AvgIpc) is 1.77. The van der Waals surface area contributed by atoms with Crippen molar-refractivity contribution in [1.82, 2.24) is 106 Å². The number of unbranched alkanes of at least 4 members (excludes halogenated alkanes) is 1. The van der Waals surface area contributed by atoms with Gasteiger partial charge in [-0.15, -0.1) is 0 Å². The van der Waals surface area contributed by atoms with E-state index in [1.165, 1.54) is 135 Å². The van der Waals surface area contributed by atoms with E-state index in [1.807, 2.05) is 159 Å². The number of halogens is 3. The second-order valence-corrected chi connectivity index (χ2v) is 35.7. The summed E-state index contributed by atoms with van der Waals surface area (Å²) in [5, 5.41) is 28.2. The molecule has 0 amide bonds. The Morgan fingerprint density at radius 3 is 0.932 bits per heavy atom. The normalized spacial score (nSPS) is 15.5. The van der Waals surface area contributed by atoms with Crippen LogP contribution in [0.4, 0.5) is 13.2 Å². The monoisotopic (exact) mass is 1980 g/mol. The molecule has 750 valence electrons. The van der Waals surface area contributed by atoms with E-state index < -0.39 is 11.7 Å². The summed E-state index contributed by atoms with van der Waals surface area (Å²) < 4.78 is 94.7. The quantitative estimate of drug-likeness (QED) is 0.0513. The summed E-state index contributed by atoms with van der Waals surface area (Å²) in [6.07, 6.45) is 45.8. The highest BCUT2D eigenvalue weighted by Gasteiger charge is 2.34. The molecule has 0 atom stereocenters. The Bertz CT molecular complexity index is 7090. The lowest BCUT2D eigenvalue weighted by atomic mass is 9.80. The second-order valence-electron chi connectivity index (χ2n) is 35.7. The molecule has 0 spiro atoms. The molecule has 14 heterocycles. The molecule has 4 aliphatic rings. The number of hydrogen-bond acceptors (Lipinski definition) is 31. The maximum atomic E-state index is 13.4. The van der Waals surface area contributed by atoms with Gasteiger partial charge in [0.25, 0.3) is 17.7 Å². The number of rotatable bonds is 25. The van der Waals surface area contributed by atoms with E-state index in [-0.39, 0.29) is 17.3 Å². The molecular formula is C113H112F3N21O10. The minimum Gasteiger partial charge on any atom is -0.494 e. The van der Waals surface area contributed by atoms with Crippen LogP contribution in [0.25, 0.3) is 125 Å². The Labute approximate surface area is 848 Å². The zero-order valence-corrected chi connectivity index (χ0v) is 82.0. The lowest BCUT2D eigenvalue weighted by molar-refractivity contribution is -0.137. The third-order valence-corrected chi connectivity index (χ3v) is 25.6. The van der Waals surface area contributed by atoms with Gasteiger partial charge < -0.3 is 45.9 Å². The van der Waals surface area contributed by atoms with Crippen LogP contribution in [0.15, 0.2) is 325 Å². The fraction of sp³-hybridized carbons (Fsp3) is 0.301. The predicted molar refractivity (Wildman–Crippen MR) is 545 cm³/mol. The molecule has 147 heavy (non-hydrogen) atoms. The topological polar surface area (TPSA) is 390 Å². The molecule has 5 aromatic carbocycles. The number of alkyl halides is 3. The maximum absolute atomic E-state index is 13.4. The molecule has 34 heteroatoms. The Kier molecular flexibility index (Phi) is 36.0. The zero-order chi connectivity index (χ0) is 101. The van der Waals surface area contributed by atoms with Gasteiger partial charge >= 0.3 is 6.18 Å². The molecular weight excluding hydrogens is 1870 g/mol. The number of nitrogens with zero attached hydrogens (tertiary/aromatic N) is 21. The van der Waals surface area contributed by atoms with Crippen molar-refractivity contribution in [2.75, 3.05) is 13.2 Å². The third-order valence-electron chi connectivity index (χ3n) is 25.6. The molecule has 0 N–H and O–H groups in total. The van der Waals surface area contributed by atoms with E-state index in [4.69, 9.17) is 45.9 Å². The van der Waals surface area contributed by atoms with Crippen molar-refractivity contribution in [3.05, 3.63) is 322 Å². The second kappa shape index (κ2) is 52.0. The molecule has 0 saturated heterocycles. The van der Waals surface area contributed by atoms with Crippen LogP contribution in [-0.2, 0) is 6.18 Å². The highest BCUT2D eigenvalue weighted by Crippen LogP contribution is 2.43. The summed E-state index contributed by atoms with van der Waals surface area (Å²) in [5.41, 5.74) is 8.30. The summed E-state index contributed by atoms with van der Waals surface area (Å²) in [6, 6.07) is 61.2. The van der Waals surface area contributed by atoms with Crippen LogP contribution in [0, 0.1) is 11.8 Å². The minimum atomic E-state index is -4.49. The van der Waals surface area contributed by atoms with E-state index in [0.717, 1.165) is 97.8 Å². The first-order valence-corrected chi connectivity index (χ1v) is 50.0. The lowest BCUT2D eigenvalue weighted by Crippen LogP contribution is -2.13. The van der Waals surface area contributed by atoms with Gasteiger partial charge in [-0.2, -0.15) is 48.1 Å². The van der Waals surface area contributed by atoms with Gasteiger partial charge in [-0.3, -0.25) is 34.9 Å². The molecule has 4 saturated carbocycles. The van der Waals surface area contributed by atoms with E-state index in [2.05, 4.69) is 120 Å². The molecule has 4 aliphatic carbocycles. The van der Waals surface area contributed by atoms with Crippen molar-refractivity contribution in [3.8, 4) is 148 Å². The maximum Gasteiger partial charge on any atom is 0.416 e. The minimum absolute atomic E-state index is 0.0186. The third kappa shape index (κ3) is 28.9. The molecule has 4 fully saturated rings. The Hall–Kier alpha value is -16.7. The van der Waals surface area contributed by atoms with Crippen molar-refractivity contribution < 1.29 is 59.0 Å². The lowest BCUT2D eigenvalue weighted by Gasteiger charge is -2.26. The van der Waals surface area contributed by atoms with E-state index >= 15 is 0 Å². The first kappa shape index (κ1) is 102. The van der Waals surface area contributed by atoms with Gasteiger partial charge in [0.15, 0.2) is 0 Å². The molecule has 0 aliphatic heterocycles. The number of ether oxygens (including phenoxy) is 3. The van der Waals surface area contributed by atoms with Crippen LogP contribution in [0.1, 0.15) is 215 Å². The first-order valence-electron chi connectivity index (χ1n) is 50.0. The van der Waals surface area contributed by atoms with Crippen LogP contribution in [-0.4, -0.2) is 119 Å². The van der Waals surface area contributed by atoms with Gasteiger partial charge in [0.1, 0.15) is 23.0 Å².